The molecule has 20 heavy (non-hydrogen) atoms. The number of nitrogens with one attached hydrogen (secondary N) is 1. The summed E-state index contributed by atoms with van der Waals surface area (Å²) in [6.07, 6.45) is -4.26. The van der Waals surface area contributed by atoms with Crippen LogP contribution >= 0.6 is 0 Å². The van der Waals surface area contributed by atoms with Crippen LogP contribution in [-0.4, -0.2) is 39.5 Å². The highest BCUT2D eigenvalue weighted by molar-refractivity contribution is 5.50. The van der Waals surface area contributed by atoms with Gasteiger partial charge < -0.3 is 15.0 Å². The van der Waals surface area contributed by atoms with Gasteiger partial charge in [0.1, 0.15) is 0 Å². The van der Waals surface area contributed by atoms with Crippen LogP contribution in [0.4, 0.5) is 23.2 Å². The van der Waals surface area contributed by atoms with Crippen molar-refractivity contribution in [2.45, 2.75) is 6.18 Å². The molecule has 1 N–H and O–H groups in total. The molecule has 1 aromatic carbocycles. The summed E-state index contributed by atoms with van der Waals surface area (Å²) >= 11 is 0. The van der Waals surface area contributed by atoms with Crippen LogP contribution in [0.5, 0.6) is 5.75 Å². The lowest BCUT2D eigenvalue weighted by Crippen LogP contribution is -2.38. The first-order chi connectivity index (χ1) is 9.41. The van der Waals surface area contributed by atoms with Gasteiger partial charge in [0.25, 0.3) is 0 Å². The molecule has 2 rings (SSSR count). The molecule has 0 radical (unpaired) electrons. The summed E-state index contributed by atoms with van der Waals surface area (Å²) < 4.78 is 57.0. The molecule has 112 valence electrons. The van der Waals surface area contributed by atoms with E-state index in [0.717, 1.165) is 0 Å². The normalized spacial score (nSPS) is 20.6. The number of anilines is 1. The number of benzene rings is 1. The van der Waals surface area contributed by atoms with Crippen LogP contribution in [-0.2, 0) is 0 Å². The Morgan fingerprint density at radius 2 is 2.10 bits per heavy atom. The highest BCUT2D eigenvalue weighted by atomic mass is 19.4. The number of alkyl halides is 3. The van der Waals surface area contributed by atoms with E-state index in [1.807, 2.05) is 0 Å². The molecule has 0 amide bonds. The van der Waals surface area contributed by atoms with E-state index in [-0.39, 0.29) is 18.8 Å². The first-order valence-electron chi connectivity index (χ1n) is 6.27. The molecule has 1 aromatic rings. The van der Waals surface area contributed by atoms with E-state index >= 15 is 0 Å². The fourth-order valence-electron chi connectivity index (χ4n) is 2.22. The van der Waals surface area contributed by atoms with E-state index in [2.05, 4.69) is 5.32 Å². The monoisotopic (exact) mass is 292 g/mol. The lowest BCUT2D eigenvalue weighted by molar-refractivity contribution is -0.169. The van der Waals surface area contributed by atoms with Crippen molar-refractivity contribution in [3.63, 3.8) is 0 Å². The molecule has 3 nitrogen and oxygen atoms in total. The highest BCUT2D eigenvalue weighted by Gasteiger charge is 2.41. The fraction of sp³-hybridized carbons (Fsp3) is 0.538. The molecular formula is C13H16F4N2O. The van der Waals surface area contributed by atoms with Gasteiger partial charge in [0.05, 0.1) is 13.0 Å². The van der Waals surface area contributed by atoms with Crippen LogP contribution in [0, 0.1) is 11.7 Å². The molecule has 0 bridgehead atoms. The molecule has 1 atom stereocenters. The number of ether oxygens (including phenoxy) is 1. The topological polar surface area (TPSA) is 24.5 Å². The van der Waals surface area contributed by atoms with Crippen molar-refractivity contribution in [2.24, 2.45) is 5.92 Å². The predicted molar refractivity (Wildman–Crippen MR) is 67.6 cm³/mol. The second-order valence-corrected chi connectivity index (χ2v) is 4.71. The predicted octanol–water partition coefficient (Wildman–Crippen LogP) is 2.42. The van der Waals surface area contributed by atoms with Gasteiger partial charge in [-0.05, 0) is 12.1 Å². The van der Waals surface area contributed by atoms with Crippen molar-refractivity contribution in [3.05, 3.63) is 24.0 Å². The number of rotatable bonds is 2. The second kappa shape index (κ2) is 5.87. The largest absolute Gasteiger partial charge is 0.494 e. The number of nitrogens with zero attached hydrogens (tertiary/aromatic N) is 1. The lowest BCUT2D eigenvalue weighted by atomic mass is 10.1. The van der Waals surface area contributed by atoms with Gasteiger partial charge in [0, 0.05) is 37.9 Å². The Morgan fingerprint density at radius 3 is 2.70 bits per heavy atom. The molecule has 7 heteroatoms. The van der Waals surface area contributed by atoms with E-state index in [9.17, 15) is 17.6 Å². The van der Waals surface area contributed by atoms with Gasteiger partial charge in [0.2, 0.25) is 0 Å². The highest BCUT2D eigenvalue weighted by Crippen LogP contribution is 2.30. The molecule has 1 unspecified atom stereocenters. The van der Waals surface area contributed by atoms with Gasteiger partial charge in [0.15, 0.2) is 11.6 Å². The number of halogens is 4. The molecule has 1 fully saturated rings. The van der Waals surface area contributed by atoms with Crippen LogP contribution in [0.2, 0.25) is 0 Å². The Hall–Kier alpha value is -1.50. The molecule has 0 aliphatic carbocycles. The summed E-state index contributed by atoms with van der Waals surface area (Å²) in [4.78, 5) is 1.54. The minimum atomic E-state index is -4.26. The quantitative estimate of drug-likeness (QED) is 0.847. The minimum Gasteiger partial charge on any atom is -0.494 e. The maximum Gasteiger partial charge on any atom is 0.394 e. The first-order valence-corrected chi connectivity index (χ1v) is 6.27. The third kappa shape index (κ3) is 3.33. The third-order valence-electron chi connectivity index (χ3n) is 3.35. The van der Waals surface area contributed by atoms with Gasteiger partial charge in [-0.2, -0.15) is 13.2 Å². The molecule has 0 saturated carbocycles. The van der Waals surface area contributed by atoms with E-state index in [1.165, 1.54) is 19.2 Å². The Balaban J connectivity index is 2.20. The Kier molecular flexibility index (Phi) is 4.37. The molecule has 1 aliphatic heterocycles. The number of hydrogen-bond acceptors (Lipinski definition) is 3. The van der Waals surface area contributed by atoms with Gasteiger partial charge >= 0.3 is 6.18 Å². The maximum atomic E-state index is 13.6. The first kappa shape index (κ1) is 14.9. The summed E-state index contributed by atoms with van der Waals surface area (Å²) in [7, 11) is 1.34. The zero-order valence-corrected chi connectivity index (χ0v) is 11.0. The Morgan fingerprint density at radius 1 is 1.35 bits per heavy atom. The summed E-state index contributed by atoms with van der Waals surface area (Å²) in [6, 6.07) is 4.20. The SMILES string of the molecule is COc1ccc(N2CCNCC(C(F)(F)F)C2)cc1F. The van der Waals surface area contributed by atoms with Crippen molar-refractivity contribution in [1.82, 2.24) is 5.32 Å². The third-order valence-corrected chi connectivity index (χ3v) is 3.35. The van der Waals surface area contributed by atoms with Gasteiger partial charge in [-0.25, -0.2) is 4.39 Å². The van der Waals surface area contributed by atoms with Gasteiger partial charge in [-0.3, -0.25) is 0 Å². The summed E-state index contributed by atoms with van der Waals surface area (Å²) in [5.41, 5.74) is 0.432. The minimum absolute atomic E-state index is 0.0778. The summed E-state index contributed by atoms with van der Waals surface area (Å²) in [5.74, 6) is -1.96. The molecule has 1 saturated heterocycles. The molecule has 0 aromatic heterocycles. The zero-order chi connectivity index (χ0) is 14.8. The Labute approximate surface area is 114 Å². The van der Waals surface area contributed by atoms with E-state index < -0.39 is 17.9 Å². The number of methoxy groups -OCH3 is 1. The van der Waals surface area contributed by atoms with Crippen molar-refractivity contribution in [1.29, 1.82) is 0 Å². The summed E-state index contributed by atoms with van der Waals surface area (Å²) in [6.45, 7) is 0.541. The van der Waals surface area contributed by atoms with E-state index in [1.54, 1.807) is 11.0 Å². The molecule has 1 heterocycles. The smallest absolute Gasteiger partial charge is 0.394 e. The fourth-order valence-corrected chi connectivity index (χ4v) is 2.22. The van der Waals surface area contributed by atoms with Crippen molar-refractivity contribution in [3.8, 4) is 5.75 Å². The van der Waals surface area contributed by atoms with E-state index in [4.69, 9.17) is 4.74 Å². The number of hydrogen-bond donors (Lipinski definition) is 1. The lowest BCUT2D eigenvalue weighted by Gasteiger charge is -2.27. The summed E-state index contributed by atoms with van der Waals surface area (Å²) in [5, 5.41) is 2.76. The van der Waals surface area contributed by atoms with Crippen LogP contribution in [0.1, 0.15) is 0 Å². The Bertz CT molecular complexity index is 464. The van der Waals surface area contributed by atoms with Crippen LogP contribution in [0.3, 0.4) is 0 Å². The van der Waals surface area contributed by atoms with Crippen LogP contribution < -0.4 is 15.0 Å². The van der Waals surface area contributed by atoms with E-state index in [0.29, 0.717) is 18.8 Å². The maximum absolute atomic E-state index is 13.6. The van der Waals surface area contributed by atoms with Crippen molar-refractivity contribution < 1.29 is 22.3 Å². The van der Waals surface area contributed by atoms with Gasteiger partial charge in [-0.15, -0.1) is 0 Å². The molecule has 1 aliphatic rings. The zero-order valence-electron chi connectivity index (χ0n) is 11.0. The van der Waals surface area contributed by atoms with Crippen molar-refractivity contribution >= 4 is 5.69 Å². The standard InChI is InChI=1S/C13H16F4N2O/c1-20-12-3-2-10(6-11(12)14)19-5-4-18-7-9(8-19)13(15,16)17/h2-3,6,9,18H,4-5,7-8H2,1H3. The molecular weight excluding hydrogens is 276 g/mol. The second-order valence-electron chi connectivity index (χ2n) is 4.71. The van der Waals surface area contributed by atoms with Crippen LogP contribution in [0.15, 0.2) is 18.2 Å². The molecule has 0 spiro atoms. The average molecular weight is 292 g/mol. The van der Waals surface area contributed by atoms with Crippen molar-refractivity contribution in [2.75, 3.05) is 38.2 Å². The van der Waals surface area contributed by atoms with Gasteiger partial charge in [-0.1, -0.05) is 0 Å². The average Bonchev–Trinajstić information content (AvgIpc) is 2.64. The van der Waals surface area contributed by atoms with Crippen LogP contribution in [0.25, 0.3) is 0 Å².